The van der Waals surface area contributed by atoms with Crippen LogP contribution >= 0.6 is 0 Å². The van der Waals surface area contributed by atoms with E-state index >= 15 is 0 Å². The number of fused-ring (bicyclic) bond motifs is 4. The molecule has 9 nitrogen and oxygen atoms in total. The van der Waals surface area contributed by atoms with Gasteiger partial charge < -0.3 is 29.2 Å². The summed E-state index contributed by atoms with van der Waals surface area (Å²) in [5.74, 6) is 1.70. The maximum atomic E-state index is 11.8. The number of hydrogen-bond donors (Lipinski definition) is 2. The van der Waals surface area contributed by atoms with Gasteiger partial charge in [-0.1, -0.05) is 12.1 Å². The molecule has 3 aromatic rings. The van der Waals surface area contributed by atoms with Crippen molar-refractivity contribution in [1.82, 2.24) is 0 Å². The highest BCUT2D eigenvalue weighted by Crippen LogP contribution is 2.41. The molecule has 3 aliphatic heterocycles. The van der Waals surface area contributed by atoms with E-state index < -0.39 is 21.4 Å². The van der Waals surface area contributed by atoms with Crippen LogP contribution in [0.2, 0.25) is 0 Å². The molecule has 0 bridgehead atoms. The number of aliphatic hydroxyl groups is 1. The molecular weight excluding hydrogens is 560 g/mol. The molecule has 1 fully saturated rings. The van der Waals surface area contributed by atoms with Gasteiger partial charge in [0.15, 0.2) is 9.84 Å². The second-order valence-corrected chi connectivity index (χ2v) is 13.8. The highest BCUT2D eigenvalue weighted by Gasteiger charge is 2.36. The molecule has 2 N–H and O–H groups in total. The van der Waals surface area contributed by atoms with Crippen molar-refractivity contribution >= 4 is 15.8 Å². The van der Waals surface area contributed by atoms with Crippen LogP contribution in [0.5, 0.6) is 23.0 Å². The first-order valence-electron chi connectivity index (χ1n) is 14.1. The molecule has 0 spiro atoms. The van der Waals surface area contributed by atoms with Crippen molar-refractivity contribution in [2.45, 2.75) is 50.7 Å². The van der Waals surface area contributed by atoms with Crippen LogP contribution in [0.3, 0.4) is 0 Å². The lowest BCUT2D eigenvalue weighted by Gasteiger charge is -2.31. The molecule has 1 atom stereocenters. The number of hydrogen-bond acceptors (Lipinski definition) is 8. The Hall–Kier alpha value is -3.76. The summed E-state index contributed by atoms with van der Waals surface area (Å²) in [5, 5.41) is 20.0. The molecule has 0 amide bonds. The van der Waals surface area contributed by atoms with E-state index in [4.69, 9.17) is 24.1 Å². The minimum absolute atomic E-state index is 0.0241. The van der Waals surface area contributed by atoms with Crippen molar-refractivity contribution in [3.05, 3.63) is 70.8 Å². The predicted molar refractivity (Wildman–Crippen MR) is 155 cm³/mol. The number of aliphatic carboxylic acids is 1. The predicted octanol–water partition coefficient (Wildman–Crippen LogP) is 4.45. The standard InChI is InChI=1S/C32H34O9S/c1-20-12-25(41-19-32(35)7-10-42(36,37)11-8-32)14-22-6-9-38-28-5-2-21(13-27(28)31(20)22)17-39-24-3-4-26-23(15-30(33)34)18-40-29(26)16-24/h2-5,12-14,16,23,35H,6-11,15,17-19H2,1H3,(H,33,34)/t23-/m1/s1. The van der Waals surface area contributed by atoms with E-state index in [-0.39, 0.29) is 43.3 Å². The van der Waals surface area contributed by atoms with Gasteiger partial charge in [0, 0.05) is 29.5 Å². The number of carboxylic acid groups (broad SMARTS) is 1. The SMILES string of the molecule is Cc1cc(OCC2(O)CCS(=O)(=O)CC2)cc2c1-c1cc(COc3ccc4c(c3)OC[C@H]4CC(=O)O)ccc1OCC2. The van der Waals surface area contributed by atoms with Crippen LogP contribution in [0.1, 0.15) is 47.4 Å². The minimum Gasteiger partial charge on any atom is -0.493 e. The third kappa shape index (κ3) is 6.05. The first-order valence-corrected chi connectivity index (χ1v) is 16.0. The van der Waals surface area contributed by atoms with E-state index in [1.54, 1.807) is 0 Å². The van der Waals surface area contributed by atoms with E-state index in [0.29, 0.717) is 43.5 Å². The lowest BCUT2D eigenvalue weighted by atomic mass is 9.92. The largest absolute Gasteiger partial charge is 0.493 e. The van der Waals surface area contributed by atoms with Gasteiger partial charge in [-0.2, -0.15) is 0 Å². The normalized spacial score (nSPS) is 19.7. The summed E-state index contributed by atoms with van der Waals surface area (Å²) in [7, 11) is -3.08. The zero-order valence-corrected chi connectivity index (χ0v) is 24.2. The lowest BCUT2D eigenvalue weighted by molar-refractivity contribution is -0.137. The number of carbonyl (C=O) groups is 1. The van der Waals surface area contributed by atoms with Crippen molar-refractivity contribution in [2.75, 3.05) is 31.3 Å². The molecule has 3 aromatic carbocycles. The fourth-order valence-corrected chi connectivity index (χ4v) is 7.51. The van der Waals surface area contributed by atoms with E-state index in [0.717, 1.165) is 39.1 Å². The van der Waals surface area contributed by atoms with Crippen LogP contribution < -0.4 is 18.9 Å². The Bertz CT molecular complexity index is 1620. The molecule has 6 rings (SSSR count). The van der Waals surface area contributed by atoms with Gasteiger partial charge in [0.2, 0.25) is 0 Å². The Labute approximate surface area is 244 Å². The molecular formula is C32H34O9S. The summed E-state index contributed by atoms with van der Waals surface area (Å²) < 4.78 is 47.5. The Morgan fingerprint density at radius 1 is 1.00 bits per heavy atom. The highest BCUT2D eigenvalue weighted by molar-refractivity contribution is 7.91. The van der Waals surface area contributed by atoms with E-state index in [2.05, 4.69) is 6.07 Å². The Morgan fingerprint density at radius 2 is 1.81 bits per heavy atom. The van der Waals surface area contributed by atoms with Crippen molar-refractivity contribution in [3.8, 4) is 34.1 Å². The van der Waals surface area contributed by atoms with Crippen molar-refractivity contribution < 1.29 is 42.4 Å². The molecule has 3 heterocycles. The first-order chi connectivity index (χ1) is 20.1. The number of carboxylic acids is 1. The summed E-state index contributed by atoms with van der Waals surface area (Å²) >= 11 is 0. The Kier molecular flexibility index (Phi) is 7.53. The second-order valence-electron chi connectivity index (χ2n) is 11.5. The second kappa shape index (κ2) is 11.1. The summed E-state index contributed by atoms with van der Waals surface area (Å²) in [4.78, 5) is 11.1. The molecule has 0 saturated carbocycles. The molecule has 1 saturated heterocycles. The summed E-state index contributed by atoms with van der Waals surface area (Å²) in [6, 6.07) is 15.5. The first kappa shape index (κ1) is 28.4. The molecule has 42 heavy (non-hydrogen) atoms. The topological polar surface area (TPSA) is 129 Å². The fraction of sp³-hybridized carbons (Fsp3) is 0.406. The van der Waals surface area contributed by atoms with Crippen molar-refractivity contribution in [2.24, 2.45) is 0 Å². The van der Waals surface area contributed by atoms with E-state index in [1.807, 2.05) is 49.4 Å². The Morgan fingerprint density at radius 3 is 2.60 bits per heavy atom. The number of aryl methyl sites for hydroxylation is 1. The van der Waals surface area contributed by atoms with E-state index in [9.17, 15) is 18.3 Å². The number of ether oxygens (including phenoxy) is 4. The van der Waals surface area contributed by atoms with E-state index in [1.165, 1.54) is 0 Å². The highest BCUT2D eigenvalue weighted by atomic mass is 32.2. The maximum absolute atomic E-state index is 11.8. The van der Waals surface area contributed by atoms with Gasteiger partial charge in [0.1, 0.15) is 41.8 Å². The van der Waals surface area contributed by atoms with Gasteiger partial charge in [-0.15, -0.1) is 0 Å². The molecule has 0 unspecified atom stereocenters. The van der Waals surface area contributed by atoms with Crippen LogP contribution in [0.25, 0.3) is 11.1 Å². The quantitative estimate of drug-likeness (QED) is 0.389. The molecule has 0 aromatic heterocycles. The number of sulfone groups is 1. The van der Waals surface area contributed by atoms with Gasteiger partial charge in [0.05, 0.1) is 31.1 Å². The minimum atomic E-state index is -3.08. The zero-order chi connectivity index (χ0) is 29.5. The summed E-state index contributed by atoms with van der Waals surface area (Å²) in [6.07, 6.45) is 1.08. The third-order valence-corrected chi connectivity index (χ3v) is 9.94. The summed E-state index contributed by atoms with van der Waals surface area (Å²) in [6.45, 7) is 3.26. The van der Waals surface area contributed by atoms with Crippen LogP contribution in [-0.2, 0) is 27.7 Å². The number of rotatable bonds is 8. The average molecular weight is 595 g/mol. The molecule has 222 valence electrons. The van der Waals surface area contributed by atoms with Gasteiger partial charge in [-0.25, -0.2) is 8.42 Å². The molecule has 0 radical (unpaired) electrons. The lowest BCUT2D eigenvalue weighted by Crippen LogP contribution is -2.43. The van der Waals surface area contributed by atoms with Crippen LogP contribution in [0.15, 0.2) is 48.5 Å². The van der Waals surface area contributed by atoms with Crippen LogP contribution in [-0.4, -0.2) is 61.5 Å². The molecule has 10 heteroatoms. The average Bonchev–Trinajstić information content (AvgIpc) is 3.24. The summed E-state index contributed by atoms with van der Waals surface area (Å²) in [5.41, 5.74) is 4.84. The fourth-order valence-electron chi connectivity index (χ4n) is 5.92. The smallest absolute Gasteiger partial charge is 0.304 e. The van der Waals surface area contributed by atoms with Crippen LogP contribution in [0.4, 0.5) is 0 Å². The zero-order valence-electron chi connectivity index (χ0n) is 23.4. The van der Waals surface area contributed by atoms with Gasteiger partial charge in [-0.3, -0.25) is 4.79 Å². The molecule has 0 aliphatic carbocycles. The van der Waals surface area contributed by atoms with Gasteiger partial charge in [-0.05, 0) is 72.4 Å². The number of benzene rings is 3. The third-order valence-electron chi connectivity index (χ3n) is 8.29. The monoisotopic (exact) mass is 594 g/mol. The van der Waals surface area contributed by atoms with Gasteiger partial charge in [0.25, 0.3) is 0 Å². The molecule has 3 aliphatic rings. The van der Waals surface area contributed by atoms with Crippen molar-refractivity contribution in [3.63, 3.8) is 0 Å². The Balaban J connectivity index is 1.17. The van der Waals surface area contributed by atoms with Gasteiger partial charge >= 0.3 is 5.97 Å². The van der Waals surface area contributed by atoms with Crippen molar-refractivity contribution in [1.29, 1.82) is 0 Å². The maximum Gasteiger partial charge on any atom is 0.304 e. The van der Waals surface area contributed by atoms with Crippen LogP contribution in [0, 0.1) is 6.92 Å².